The van der Waals surface area contributed by atoms with E-state index < -0.39 is 10.0 Å². The minimum Gasteiger partial charge on any atom is -0.313 e. The van der Waals surface area contributed by atoms with Gasteiger partial charge in [0.2, 0.25) is 10.0 Å². The predicted molar refractivity (Wildman–Crippen MR) is 86.8 cm³/mol. The summed E-state index contributed by atoms with van der Waals surface area (Å²) in [7, 11) is -3.06. The van der Waals surface area contributed by atoms with Crippen LogP contribution in [0.4, 0.5) is 0 Å². The number of benzene rings is 1. The highest BCUT2D eigenvalue weighted by Gasteiger charge is 2.23. The van der Waals surface area contributed by atoms with Gasteiger partial charge in [-0.25, -0.2) is 12.7 Å². The molecular weight excluding hydrogens is 284 g/mol. The van der Waals surface area contributed by atoms with E-state index in [1.54, 1.807) is 0 Å². The van der Waals surface area contributed by atoms with Crippen molar-refractivity contribution in [1.82, 2.24) is 9.62 Å². The first-order valence-electron chi connectivity index (χ1n) is 7.75. The van der Waals surface area contributed by atoms with E-state index in [0.29, 0.717) is 13.1 Å². The van der Waals surface area contributed by atoms with Crippen molar-refractivity contribution in [3.63, 3.8) is 0 Å². The molecule has 0 aliphatic heterocycles. The zero-order valence-corrected chi connectivity index (χ0v) is 13.8. The molecule has 21 heavy (non-hydrogen) atoms. The Morgan fingerprint density at radius 3 is 2.71 bits per heavy atom. The van der Waals surface area contributed by atoms with Crippen molar-refractivity contribution >= 4 is 10.0 Å². The van der Waals surface area contributed by atoms with Crippen molar-refractivity contribution in [3.05, 3.63) is 35.4 Å². The van der Waals surface area contributed by atoms with Gasteiger partial charge in [-0.2, -0.15) is 0 Å². The van der Waals surface area contributed by atoms with Gasteiger partial charge < -0.3 is 5.32 Å². The number of hydrogen-bond acceptors (Lipinski definition) is 3. The van der Waals surface area contributed by atoms with Gasteiger partial charge in [-0.1, -0.05) is 31.2 Å². The van der Waals surface area contributed by atoms with Gasteiger partial charge in [-0.15, -0.1) is 0 Å². The van der Waals surface area contributed by atoms with E-state index in [4.69, 9.17) is 0 Å². The smallest absolute Gasteiger partial charge is 0.211 e. The first-order valence-corrected chi connectivity index (χ1v) is 9.60. The van der Waals surface area contributed by atoms with E-state index in [-0.39, 0.29) is 0 Å². The van der Waals surface area contributed by atoms with Crippen molar-refractivity contribution in [2.45, 2.75) is 38.6 Å². The van der Waals surface area contributed by atoms with Crippen molar-refractivity contribution in [2.75, 3.05) is 25.9 Å². The molecule has 0 spiro atoms. The molecule has 1 fully saturated rings. The fourth-order valence-corrected chi connectivity index (χ4v) is 3.48. The molecule has 0 heterocycles. The summed E-state index contributed by atoms with van der Waals surface area (Å²) in [5, 5.41) is 3.40. The fourth-order valence-electron chi connectivity index (χ4n) is 2.55. The molecule has 0 saturated heterocycles. The second-order valence-corrected chi connectivity index (χ2v) is 7.79. The molecular formula is C16H26N2O2S. The third-order valence-corrected chi connectivity index (χ3v) is 5.29. The van der Waals surface area contributed by atoms with Gasteiger partial charge in [-0.05, 0) is 42.9 Å². The van der Waals surface area contributed by atoms with E-state index in [9.17, 15) is 8.42 Å². The molecule has 2 rings (SSSR count). The molecule has 4 nitrogen and oxygen atoms in total. The summed E-state index contributed by atoms with van der Waals surface area (Å²) in [6, 6.07) is 8.78. The van der Waals surface area contributed by atoms with Crippen LogP contribution in [0.15, 0.2) is 24.3 Å². The first-order chi connectivity index (χ1) is 10.0. The highest BCUT2D eigenvalue weighted by atomic mass is 32.2. The fraction of sp³-hybridized carbons (Fsp3) is 0.625. The average Bonchev–Trinajstić information content (AvgIpc) is 3.26. The van der Waals surface area contributed by atoms with Crippen LogP contribution in [0.3, 0.4) is 0 Å². The molecule has 0 amide bonds. The Labute approximate surface area is 128 Å². The van der Waals surface area contributed by atoms with Gasteiger partial charge in [0.05, 0.1) is 6.26 Å². The average molecular weight is 310 g/mol. The van der Waals surface area contributed by atoms with Crippen LogP contribution in [-0.2, 0) is 16.6 Å². The third-order valence-electron chi connectivity index (χ3n) is 3.91. The summed E-state index contributed by atoms with van der Waals surface area (Å²) in [5.41, 5.74) is 2.78. The molecule has 1 aliphatic carbocycles. The van der Waals surface area contributed by atoms with E-state index in [1.165, 1.54) is 34.5 Å². The van der Waals surface area contributed by atoms with Crippen LogP contribution < -0.4 is 5.32 Å². The molecule has 0 aromatic heterocycles. The second-order valence-electron chi connectivity index (χ2n) is 5.80. The van der Waals surface area contributed by atoms with Crippen molar-refractivity contribution in [3.8, 4) is 0 Å². The maximum atomic E-state index is 11.5. The zero-order valence-electron chi connectivity index (χ0n) is 13.0. The number of nitrogens with one attached hydrogen (secondary N) is 1. The second kappa shape index (κ2) is 7.38. The number of rotatable bonds is 9. The summed E-state index contributed by atoms with van der Waals surface area (Å²) < 4.78 is 24.4. The number of sulfonamides is 1. The van der Waals surface area contributed by atoms with Gasteiger partial charge in [0.15, 0.2) is 0 Å². The number of nitrogens with zero attached hydrogens (tertiary/aromatic N) is 1. The Balaban J connectivity index is 1.69. The van der Waals surface area contributed by atoms with Gasteiger partial charge in [0, 0.05) is 19.6 Å². The standard InChI is InChI=1S/C16H26N2O2S/c1-3-18(21(2,19)20)11-5-10-17-13-14-6-4-7-16(12-14)15-8-9-15/h4,6-7,12,15,17H,3,5,8-11,13H2,1-2H3. The van der Waals surface area contributed by atoms with Crippen LogP contribution in [0.5, 0.6) is 0 Å². The van der Waals surface area contributed by atoms with Crippen molar-refractivity contribution in [2.24, 2.45) is 0 Å². The summed E-state index contributed by atoms with van der Waals surface area (Å²) in [6.45, 7) is 4.69. The molecule has 1 aromatic carbocycles. The zero-order chi connectivity index (χ0) is 15.3. The monoisotopic (exact) mass is 310 g/mol. The molecule has 1 saturated carbocycles. The highest BCUT2D eigenvalue weighted by molar-refractivity contribution is 7.88. The van der Waals surface area contributed by atoms with Gasteiger partial charge in [0.25, 0.3) is 0 Å². The Bertz CT molecular complexity index is 553. The molecule has 1 aliphatic rings. The van der Waals surface area contributed by atoms with Crippen molar-refractivity contribution < 1.29 is 8.42 Å². The van der Waals surface area contributed by atoms with Crippen LogP contribution in [0.2, 0.25) is 0 Å². The van der Waals surface area contributed by atoms with E-state index >= 15 is 0 Å². The van der Waals surface area contributed by atoms with Crippen LogP contribution >= 0.6 is 0 Å². The molecule has 0 atom stereocenters. The Hall–Kier alpha value is -0.910. The Kier molecular flexibility index (Phi) is 5.79. The quantitative estimate of drug-likeness (QED) is 0.712. The Morgan fingerprint density at radius 2 is 2.10 bits per heavy atom. The highest BCUT2D eigenvalue weighted by Crippen LogP contribution is 2.40. The normalized spacial score (nSPS) is 15.6. The van der Waals surface area contributed by atoms with E-state index in [2.05, 4.69) is 29.6 Å². The lowest BCUT2D eigenvalue weighted by molar-refractivity contribution is 0.419. The topological polar surface area (TPSA) is 49.4 Å². The molecule has 0 bridgehead atoms. The summed E-state index contributed by atoms with van der Waals surface area (Å²) in [5.74, 6) is 0.790. The summed E-state index contributed by atoms with van der Waals surface area (Å²) in [6.07, 6.45) is 4.76. The van der Waals surface area contributed by atoms with Gasteiger partial charge in [-0.3, -0.25) is 0 Å². The molecule has 1 aromatic rings. The maximum absolute atomic E-state index is 11.5. The number of hydrogen-bond donors (Lipinski definition) is 1. The van der Waals surface area contributed by atoms with E-state index in [0.717, 1.165) is 25.4 Å². The van der Waals surface area contributed by atoms with Crippen LogP contribution in [0, 0.1) is 0 Å². The SMILES string of the molecule is CCN(CCCNCc1cccc(C2CC2)c1)S(C)(=O)=O. The van der Waals surface area contributed by atoms with Crippen molar-refractivity contribution in [1.29, 1.82) is 0 Å². The minimum absolute atomic E-state index is 0.544. The largest absolute Gasteiger partial charge is 0.313 e. The molecule has 118 valence electrons. The van der Waals surface area contributed by atoms with E-state index in [1.807, 2.05) is 6.92 Å². The van der Waals surface area contributed by atoms with Crippen LogP contribution in [0.25, 0.3) is 0 Å². The van der Waals surface area contributed by atoms with Gasteiger partial charge >= 0.3 is 0 Å². The lowest BCUT2D eigenvalue weighted by atomic mass is 10.1. The lowest BCUT2D eigenvalue weighted by Crippen LogP contribution is -2.32. The summed E-state index contributed by atoms with van der Waals surface area (Å²) >= 11 is 0. The summed E-state index contributed by atoms with van der Waals surface area (Å²) in [4.78, 5) is 0. The maximum Gasteiger partial charge on any atom is 0.211 e. The van der Waals surface area contributed by atoms with Crippen LogP contribution in [-0.4, -0.2) is 38.6 Å². The molecule has 1 N–H and O–H groups in total. The molecule has 0 unspecified atom stereocenters. The molecule has 5 heteroatoms. The first kappa shape index (κ1) is 16.5. The predicted octanol–water partition coefficient (Wildman–Crippen LogP) is 2.33. The van der Waals surface area contributed by atoms with Crippen LogP contribution in [0.1, 0.15) is 43.2 Å². The lowest BCUT2D eigenvalue weighted by Gasteiger charge is -2.17. The third kappa shape index (κ3) is 5.41. The molecule has 0 radical (unpaired) electrons. The minimum atomic E-state index is -3.06. The van der Waals surface area contributed by atoms with Gasteiger partial charge in [0.1, 0.15) is 0 Å². The Morgan fingerprint density at radius 1 is 1.33 bits per heavy atom.